The Hall–Kier alpha value is -0.260. The molecule has 3 atom stereocenters. The normalized spacial score (nSPS) is 17.3. The Labute approximate surface area is 97.8 Å². The highest BCUT2D eigenvalue weighted by molar-refractivity contribution is 7.84. The van der Waals surface area contributed by atoms with Gasteiger partial charge in [-0.15, -0.1) is 11.3 Å². The van der Waals surface area contributed by atoms with E-state index in [9.17, 15) is 4.21 Å². The second-order valence-electron chi connectivity index (χ2n) is 3.64. The molecule has 0 bridgehead atoms. The van der Waals surface area contributed by atoms with E-state index in [-0.39, 0.29) is 5.25 Å². The summed E-state index contributed by atoms with van der Waals surface area (Å²) in [4.78, 5) is 4.25. The molecule has 86 valence electrons. The molecular weight excluding hydrogens is 228 g/mol. The topological polar surface area (TPSA) is 42.0 Å². The van der Waals surface area contributed by atoms with E-state index in [2.05, 4.69) is 17.2 Å². The summed E-state index contributed by atoms with van der Waals surface area (Å²) in [5.74, 6) is 0. The van der Waals surface area contributed by atoms with Crippen molar-refractivity contribution in [1.82, 2.24) is 10.3 Å². The third-order valence-electron chi connectivity index (χ3n) is 2.39. The first-order valence-corrected chi connectivity index (χ1v) is 7.56. The summed E-state index contributed by atoms with van der Waals surface area (Å²) in [6, 6.07) is 0.294. The molecule has 0 aromatic carbocycles. The Morgan fingerprint density at radius 1 is 1.60 bits per heavy atom. The molecule has 1 N–H and O–H groups in total. The molecule has 0 radical (unpaired) electrons. The SMILES string of the molecule is CC(NCCC(C)S(C)=O)c1nccs1. The van der Waals surface area contributed by atoms with E-state index in [0.717, 1.165) is 18.0 Å². The van der Waals surface area contributed by atoms with Crippen LogP contribution in [0.15, 0.2) is 11.6 Å². The van der Waals surface area contributed by atoms with Gasteiger partial charge < -0.3 is 5.32 Å². The third kappa shape index (κ3) is 4.40. The van der Waals surface area contributed by atoms with Crippen LogP contribution in [0.2, 0.25) is 0 Å². The van der Waals surface area contributed by atoms with Crippen molar-refractivity contribution in [2.75, 3.05) is 12.8 Å². The lowest BCUT2D eigenvalue weighted by molar-refractivity contribution is 0.551. The highest BCUT2D eigenvalue weighted by Crippen LogP contribution is 2.14. The standard InChI is InChI=1S/C10H18N2OS2/c1-8(15(3)13)4-5-11-9(2)10-12-6-7-14-10/h6-9,11H,4-5H2,1-3H3. The summed E-state index contributed by atoms with van der Waals surface area (Å²) in [6.07, 6.45) is 4.52. The molecule has 1 rings (SSSR count). The maximum Gasteiger partial charge on any atom is 0.109 e. The van der Waals surface area contributed by atoms with Gasteiger partial charge in [-0.25, -0.2) is 4.98 Å². The van der Waals surface area contributed by atoms with Crippen LogP contribution in [0.5, 0.6) is 0 Å². The lowest BCUT2D eigenvalue weighted by atomic mass is 10.3. The molecule has 1 heterocycles. The number of hydrogen-bond acceptors (Lipinski definition) is 4. The molecule has 0 fully saturated rings. The number of hydrogen-bond donors (Lipinski definition) is 1. The summed E-state index contributed by atoms with van der Waals surface area (Å²) >= 11 is 1.66. The minimum absolute atomic E-state index is 0.265. The Morgan fingerprint density at radius 3 is 2.87 bits per heavy atom. The van der Waals surface area contributed by atoms with Gasteiger partial charge in [-0.3, -0.25) is 4.21 Å². The van der Waals surface area contributed by atoms with E-state index >= 15 is 0 Å². The van der Waals surface area contributed by atoms with Crippen LogP contribution >= 0.6 is 11.3 Å². The molecule has 1 aromatic rings. The van der Waals surface area contributed by atoms with Gasteiger partial charge in [0, 0.05) is 33.9 Å². The maximum atomic E-state index is 11.1. The zero-order valence-corrected chi connectivity index (χ0v) is 11.0. The second-order valence-corrected chi connectivity index (χ2v) is 6.37. The fourth-order valence-electron chi connectivity index (χ4n) is 1.20. The zero-order valence-electron chi connectivity index (χ0n) is 9.40. The molecule has 0 spiro atoms. The fraction of sp³-hybridized carbons (Fsp3) is 0.700. The first-order chi connectivity index (χ1) is 7.11. The van der Waals surface area contributed by atoms with Gasteiger partial charge in [-0.2, -0.15) is 0 Å². The molecule has 0 aliphatic rings. The highest BCUT2D eigenvalue weighted by atomic mass is 32.2. The van der Waals surface area contributed by atoms with Gasteiger partial charge >= 0.3 is 0 Å². The number of thiazole rings is 1. The molecule has 5 heteroatoms. The average molecular weight is 246 g/mol. The van der Waals surface area contributed by atoms with Crippen LogP contribution in [-0.4, -0.2) is 27.2 Å². The second kappa shape index (κ2) is 6.35. The fourth-order valence-corrected chi connectivity index (χ4v) is 2.32. The minimum Gasteiger partial charge on any atom is -0.308 e. The van der Waals surface area contributed by atoms with E-state index in [1.165, 1.54) is 0 Å². The van der Waals surface area contributed by atoms with Crippen molar-refractivity contribution in [2.24, 2.45) is 0 Å². The summed E-state index contributed by atoms with van der Waals surface area (Å²) in [7, 11) is -0.715. The Bertz CT molecular complexity index is 300. The number of nitrogens with one attached hydrogen (secondary N) is 1. The molecule has 0 aliphatic carbocycles. The van der Waals surface area contributed by atoms with Crippen molar-refractivity contribution in [3.05, 3.63) is 16.6 Å². The third-order valence-corrected chi connectivity index (χ3v) is 4.72. The average Bonchev–Trinajstić information content (AvgIpc) is 2.70. The molecule has 0 saturated heterocycles. The Balaban J connectivity index is 2.23. The molecule has 3 nitrogen and oxygen atoms in total. The Kier molecular flexibility index (Phi) is 5.42. The number of aromatic nitrogens is 1. The number of nitrogens with zero attached hydrogens (tertiary/aromatic N) is 1. The van der Waals surface area contributed by atoms with Crippen LogP contribution in [-0.2, 0) is 10.8 Å². The van der Waals surface area contributed by atoms with Crippen molar-refractivity contribution >= 4 is 22.1 Å². The van der Waals surface area contributed by atoms with Crippen molar-refractivity contribution in [2.45, 2.75) is 31.6 Å². The van der Waals surface area contributed by atoms with Gasteiger partial charge in [0.1, 0.15) is 5.01 Å². The van der Waals surface area contributed by atoms with Crippen molar-refractivity contribution in [3.63, 3.8) is 0 Å². The smallest absolute Gasteiger partial charge is 0.109 e. The summed E-state index contributed by atoms with van der Waals surface area (Å²) < 4.78 is 11.1. The highest BCUT2D eigenvalue weighted by Gasteiger charge is 2.09. The first kappa shape index (κ1) is 12.8. The molecule has 3 unspecified atom stereocenters. The van der Waals surface area contributed by atoms with Crippen molar-refractivity contribution in [1.29, 1.82) is 0 Å². The van der Waals surface area contributed by atoms with Crippen LogP contribution in [0.25, 0.3) is 0 Å². The quantitative estimate of drug-likeness (QED) is 0.834. The molecule has 1 aromatic heterocycles. The maximum absolute atomic E-state index is 11.1. The summed E-state index contributed by atoms with van der Waals surface area (Å²) in [6.45, 7) is 5.01. The van der Waals surface area contributed by atoms with Crippen LogP contribution in [0.3, 0.4) is 0 Å². The van der Waals surface area contributed by atoms with E-state index in [0.29, 0.717) is 6.04 Å². The van der Waals surface area contributed by atoms with Crippen LogP contribution in [0.4, 0.5) is 0 Å². The van der Waals surface area contributed by atoms with Gasteiger partial charge in [0.15, 0.2) is 0 Å². The summed E-state index contributed by atoms with van der Waals surface area (Å²) in [5.41, 5.74) is 0. The lowest BCUT2D eigenvalue weighted by Crippen LogP contribution is -2.23. The molecule has 0 amide bonds. The first-order valence-electron chi connectivity index (χ1n) is 5.06. The van der Waals surface area contributed by atoms with Crippen LogP contribution < -0.4 is 5.32 Å². The van der Waals surface area contributed by atoms with Crippen molar-refractivity contribution in [3.8, 4) is 0 Å². The van der Waals surface area contributed by atoms with Gasteiger partial charge in [-0.05, 0) is 19.9 Å². The van der Waals surface area contributed by atoms with E-state index in [1.807, 2.05) is 18.5 Å². The lowest BCUT2D eigenvalue weighted by Gasteiger charge is -2.13. The molecule has 0 saturated carbocycles. The van der Waals surface area contributed by atoms with Crippen LogP contribution in [0.1, 0.15) is 31.3 Å². The number of rotatable bonds is 6. The van der Waals surface area contributed by atoms with Crippen molar-refractivity contribution < 1.29 is 4.21 Å². The van der Waals surface area contributed by atoms with Gasteiger partial charge in [0.25, 0.3) is 0 Å². The zero-order chi connectivity index (χ0) is 11.3. The molecule has 15 heavy (non-hydrogen) atoms. The van der Waals surface area contributed by atoms with Crippen LogP contribution in [0, 0.1) is 0 Å². The van der Waals surface area contributed by atoms with Gasteiger partial charge in [0.2, 0.25) is 0 Å². The molecule has 0 aliphatic heterocycles. The molecular formula is C10H18N2OS2. The predicted molar refractivity (Wildman–Crippen MR) is 66.7 cm³/mol. The summed E-state index contributed by atoms with van der Waals surface area (Å²) in [5, 5.41) is 6.74. The van der Waals surface area contributed by atoms with Gasteiger partial charge in [-0.1, -0.05) is 6.92 Å². The predicted octanol–water partition coefficient (Wildman–Crippen LogP) is 1.95. The monoisotopic (exact) mass is 246 g/mol. The largest absolute Gasteiger partial charge is 0.308 e. The van der Waals surface area contributed by atoms with E-state index in [1.54, 1.807) is 17.6 Å². The minimum atomic E-state index is -0.715. The van der Waals surface area contributed by atoms with E-state index in [4.69, 9.17) is 0 Å². The Morgan fingerprint density at radius 2 is 2.33 bits per heavy atom. The van der Waals surface area contributed by atoms with E-state index < -0.39 is 10.8 Å². The van der Waals surface area contributed by atoms with Gasteiger partial charge in [0.05, 0.1) is 6.04 Å².